The fourth-order valence-electron chi connectivity index (χ4n) is 4.10. The third kappa shape index (κ3) is 5.76. The molecule has 0 spiro atoms. The minimum atomic E-state index is -0.440. The van der Waals surface area contributed by atoms with Gasteiger partial charge in [-0.1, -0.05) is 0 Å². The van der Waals surface area contributed by atoms with Crippen LogP contribution in [0.5, 0.6) is 0 Å². The second-order valence-corrected chi connectivity index (χ2v) is 10.3. The number of ether oxygens (including phenoxy) is 1. The maximum absolute atomic E-state index is 12.3. The number of carbonyl (C=O) groups excluding carboxylic acids is 1. The highest BCUT2D eigenvalue weighted by atomic mass is 127. The fraction of sp³-hybridized carbons (Fsp3) is 0.682. The van der Waals surface area contributed by atoms with E-state index < -0.39 is 5.60 Å². The number of carbonyl (C=O) groups is 1. The third-order valence-electron chi connectivity index (χ3n) is 5.70. The molecule has 162 valence electrons. The van der Waals surface area contributed by atoms with Crippen LogP contribution < -0.4 is 10.2 Å². The summed E-state index contributed by atoms with van der Waals surface area (Å²) >= 11 is 2.48. The molecule has 2 saturated heterocycles. The van der Waals surface area contributed by atoms with E-state index in [4.69, 9.17) is 4.74 Å². The second-order valence-electron chi connectivity index (χ2n) is 9.10. The number of piperazine rings is 2. The Balaban J connectivity index is 1.67. The first-order chi connectivity index (χ1) is 13.7. The van der Waals surface area contributed by atoms with Crippen LogP contribution in [-0.2, 0) is 11.3 Å². The molecule has 2 heterocycles. The summed E-state index contributed by atoms with van der Waals surface area (Å²) in [7, 11) is 0. The van der Waals surface area contributed by atoms with Crippen molar-refractivity contribution in [1.82, 2.24) is 15.1 Å². The molecule has 2 aliphatic heterocycles. The number of benzene rings is 1. The molecule has 3 rings (SSSR count). The number of nitrogens with one attached hydrogen (secondary N) is 1. The lowest BCUT2D eigenvalue weighted by Crippen LogP contribution is -2.49. The molecule has 0 atom stereocenters. The topological polar surface area (TPSA) is 48.1 Å². The molecule has 0 aromatic heterocycles. The summed E-state index contributed by atoms with van der Waals surface area (Å²) in [5.74, 6) is 0. The minimum absolute atomic E-state index is 0.195. The van der Waals surface area contributed by atoms with Crippen molar-refractivity contribution in [3.63, 3.8) is 0 Å². The van der Waals surface area contributed by atoms with Gasteiger partial charge in [-0.25, -0.2) is 4.79 Å². The lowest BCUT2D eigenvalue weighted by atomic mass is 10.00. The van der Waals surface area contributed by atoms with Gasteiger partial charge in [-0.05, 0) is 80.0 Å². The summed E-state index contributed by atoms with van der Waals surface area (Å²) in [4.78, 5) is 19.1. The zero-order valence-corrected chi connectivity index (χ0v) is 20.6. The second kappa shape index (κ2) is 9.39. The minimum Gasteiger partial charge on any atom is -0.444 e. The normalized spacial score (nSPS) is 18.8. The molecule has 0 radical (unpaired) electrons. The number of hydrogen-bond donors (Lipinski definition) is 1. The molecule has 6 nitrogen and oxygen atoms in total. The average molecular weight is 514 g/mol. The lowest BCUT2D eigenvalue weighted by molar-refractivity contribution is 0.0139. The Morgan fingerprint density at radius 3 is 2.28 bits per heavy atom. The number of hydrogen-bond acceptors (Lipinski definition) is 5. The maximum Gasteiger partial charge on any atom is 0.410 e. The van der Waals surface area contributed by atoms with Gasteiger partial charge in [-0.15, -0.1) is 0 Å². The Morgan fingerprint density at radius 1 is 1.07 bits per heavy atom. The van der Waals surface area contributed by atoms with Crippen LogP contribution in [0.3, 0.4) is 0 Å². The van der Waals surface area contributed by atoms with Crippen molar-refractivity contribution in [1.29, 1.82) is 0 Å². The SMILES string of the molecule is Cc1c(I)cc(CN2CCN(C(=O)OC(C)(C)C)CC2)c(C)c1N1CCNCC1. The van der Waals surface area contributed by atoms with Gasteiger partial charge in [0.2, 0.25) is 0 Å². The van der Waals surface area contributed by atoms with E-state index in [2.05, 4.69) is 57.6 Å². The van der Waals surface area contributed by atoms with Crippen LogP contribution in [0.25, 0.3) is 0 Å². The van der Waals surface area contributed by atoms with Crippen molar-refractivity contribution in [2.45, 2.75) is 46.8 Å². The molecule has 1 aromatic carbocycles. The van der Waals surface area contributed by atoms with Gasteiger partial charge in [-0.2, -0.15) is 0 Å². The van der Waals surface area contributed by atoms with Crippen LogP contribution in [0.2, 0.25) is 0 Å². The monoisotopic (exact) mass is 514 g/mol. The molecule has 1 amide bonds. The van der Waals surface area contributed by atoms with Gasteiger partial charge in [0.05, 0.1) is 0 Å². The summed E-state index contributed by atoms with van der Waals surface area (Å²) in [6, 6.07) is 2.34. The highest BCUT2D eigenvalue weighted by molar-refractivity contribution is 14.1. The summed E-state index contributed by atoms with van der Waals surface area (Å²) in [6.45, 7) is 18.6. The average Bonchev–Trinajstić information content (AvgIpc) is 2.66. The smallest absolute Gasteiger partial charge is 0.410 e. The Morgan fingerprint density at radius 2 is 1.69 bits per heavy atom. The van der Waals surface area contributed by atoms with Gasteiger partial charge in [-0.3, -0.25) is 4.90 Å². The van der Waals surface area contributed by atoms with Gasteiger partial charge >= 0.3 is 6.09 Å². The lowest BCUT2D eigenvalue weighted by Gasteiger charge is -2.37. The van der Waals surface area contributed by atoms with Crippen LogP contribution >= 0.6 is 22.6 Å². The van der Waals surface area contributed by atoms with E-state index in [1.54, 1.807) is 0 Å². The molecule has 2 fully saturated rings. The molecule has 7 heteroatoms. The zero-order chi connectivity index (χ0) is 21.2. The predicted octanol–water partition coefficient (Wildman–Crippen LogP) is 3.37. The molecule has 2 aliphatic rings. The van der Waals surface area contributed by atoms with Gasteiger partial charge < -0.3 is 19.9 Å². The van der Waals surface area contributed by atoms with E-state index in [1.165, 1.54) is 25.9 Å². The largest absolute Gasteiger partial charge is 0.444 e. The summed E-state index contributed by atoms with van der Waals surface area (Å²) in [5.41, 5.74) is 5.17. The Labute approximate surface area is 189 Å². The van der Waals surface area contributed by atoms with Gasteiger partial charge in [0.15, 0.2) is 0 Å². The first-order valence-electron chi connectivity index (χ1n) is 10.6. The third-order valence-corrected chi connectivity index (χ3v) is 6.82. The molecular weight excluding hydrogens is 479 g/mol. The number of rotatable bonds is 3. The highest BCUT2D eigenvalue weighted by Crippen LogP contribution is 2.32. The van der Waals surface area contributed by atoms with Crippen LogP contribution in [0.15, 0.2) is 6.07 Å². The molecular formula is C22H35IN4O2. The van der Waals surface area contributed by atoms with E-state index in [9.17, 15) is 4.79 Å². The number of halogens is 1. The predicted molar refractivity (Wildman–Crippen MR) is 127 cm³/mol. The van der Waals surface area contributed by atoms with E-state index in [-0.39, 0.29) is 6.09 Å². The fourth-order valence-corrected chi connectivity index (χ4v) is 4.73. The zero-order valence-electron chi connectivity index (χ0n) is 18.5. The number of nitrogens with zero attached hydrogens (tertiary/aromatic N) is 3. The van der Waals surface area contributed by atoms with Gasteiger partial charge in [0, 0.05) is 68.2 Å². The van der Waals surface area contributed by atoms with E-state index in [0.717, 1.165) is 58.9 Å². The standard InChI is InChI=1S/C22H35IN4O2/c1-16-18(14-19(23)17(2)20(16)26-8-6-24-7-9-26)15-25-10-12-27(13-11-25)21(28)29-22(3,4)5/h14,24H,6-13,15H2,1-5H3. The van der Waals surface area contributed by atoms with Gasteiger partial charge in [0.25, 0.3) is 0 Å². The van der Waals surface area contributed by atoms with Crippen molar-refractivity contribution in [2.75, 3.05) is 57.3 Å². The molecule has 0 bridgehead atoms. The molecule has 29 heavy (non-hydrogen) atoms. The molecule has 0 aliphatic carbocycles. The van der Waals surface area contributed by atoms with E-state index >= 15 is 0 Å². The molecule has 1 N–H and O–H groups in total. The molecule has 1 aromatic rings. The summed E-state index contributed by atoms with van der Waals surface area (Å²) in [6.07, 6.45) is -0.195. The van der Waals surface area contributed by atoms with Crippen molar-refractivity contribution in [3.05, 3.63) is 26.3 Å². The van der Waals surface area contributed by atoms with Crippen molar-refractivity contribution in [3.8, 4) is 0 Å². The van der Waals surface area contributed by atoms with Crippen LogP contribution in [0.4, 0.5) is 10.5 Å². The summed E-state index contributed by atoms with van der Waals surface area (Å²) < 4.78 is 6.86. The first kappa shape index (κ1) is 22.6. The van der Waals surface area contributed by atoms with Crippen molar-refractivity contribution < 1.29 is 9.53 Å². The molecule has 0 unspecified atom stereocenters. The number of anilines is 1. The Hall–Kier alpha value is -1.06. The maximum atomic E-state index is 12.3. The van der Waals surface area contributed by atoms with Crippen molar-refractivity contribution in [2.24, 2.45) is 0 Å². The van der Waals surface area contributed by atoms with E-state index in [0.29, 0.717) is 0 Å². The van der Waals surface area contributed by atoms with Crippen LogP contribution in [0, 0.1) is 17.4 Å². The highest BCUT2D eigenvalue weighted by Gasteiger charge is 2.27. The molecule has 0 saturated carbocycles. The Bertz CT molecular complexity index is 733. The Kier molecular flexibility index (Phi) is 7.32. The van der Waals surface area contributed by atoms with Crippen molar-refractivity contribution >= 4 is 34.4 Å². The van der Waals surface area contributed by atoms with Gasteiger partial charge in [0.1, 0.15) is 5.60 Å². The van der Waals surface area contributed by atoms with Crippen LogP contribution in [0.1, 0.15) is 37.5 Å². The quantitative estimate of drug-likeness (QED) is 0.628. The van der Waals surface area contributed by atoms with Crippen LogP contribution in [-0.4, -0.2) is 73.9 Å². The van der Waals surface area contributed by atoms with E-state index in [1.807, 2.05) is 25.7 Å². The summed E-state index contributed by atoms with van der Waals surface area (Å²) in [5, 5.41) is 3.45. The first-order valence-corrected chi connectivity index (χ1v) is 11.7. The number of amides is 1.